The molecule has 1 amide bonds. The highest BCUT2D eigenvalue weighted by atomic mass is 16.2. The quantitative estimate of drug-likeness (QED) is 0.776. The van der Waals surface area contributed by atoms with Gasteiger partial charge in [-0.3, -0.25) is 4.79 Å². The Morgan fingerprint density at radius 2 is 2.36 bits per heavy atom. The maximum Gasteiger partial charge on any atom is 0.228 e. The van der Waals surface area contributed by atoms with E-state index in [0.717, 1.165) is 18.4 Å². The van der Waals surface area contributed by atoms with Crippen LogP contribution in [0.15, 0.2) is 18.3 Å². The van der Waals surface area contributed by atoms with Crippen molar-refractivity contribution in [2.75, 3.05) is 5.32 Å². The number of nitrogens with zero attached hydrogens (tertiary/aromatic N) is 1. The number of carbonyl (C=O) groups excluding carboxylic acids is 1. The molecule has 3 nitrogen and oxygen atoms in total. The number of anilines is 1. The topological polar surface area (TPSA) is 42.0 Å². The monoisotopic (exact) mass is 190 g/mol. The largest absolute Gasteiger partial charge is 0.310 e. The first kappa shape index (κ1) is 9.19. The molecule has 1 aliphatic rings. The molecule has 0 atom stereocenters. The van der Waals surface area contributed by atoms with Crippen molar-refractivity contribution >= 4 is 11.7 Å². The molecule has 0 aromatic carbocycles. The molecule has 1 aromatic heterocycles. The van der Waals surface area contributed by atoms with Crippen LogP contribution in [0.1, 0.15) is 24.8 Å². The normalized spacial score (nSPS) is 16.1. The molecule has 1 aromatic rings. The van der Waals surface area contributed by atoms with E-state index in [1.54, 1.807) is 6.20 Å². The number of amides is 1. The lowest BCUT2D eigenvalue weighted by molar-refractivity contribution is -0.122. The summed E-state index contributed by atoms with van der Waals surface area (Å²) in [6.07, 6.45) is 4.94. The Balaban J connectivity index is 1.99. The predicted molar refractivity (Wildman–Crippen MR) is 54.9 cm³/mol. The minimum Gasteiger partial charge on any atom is -0.310 e. The summed E-state index contributed by atoms with van der Waals surface area (Å²) in [5.41, 5.74) is 1.11. The molecule has 0 unspecified atom stereocenters. The third-order valence-corrected chi connectivity index (χ3v) is 2.64. The first-order valence-corrected chi connectivity index (χ1v) is 4.99. The zero-order valence-electron chi connectivity index (χ0n) is 8.29. The molecule has 0 saturated heterocycles. The van der Waals surface area contributed by atoms with E-state index in [4.69, 9.17) is 0 Å². The molecule has 1 fully saturated rings. The van der Waals surface area contributed by atoms with Crippen molar-refractivity contribution in [3.63, 3.8) is 0 Å². The van der Waals surface area contributed by atoms with E-state index in [0.29, 0.717) is 5.82 Å². The number of rotatable bonds is 2. The van der Waals surface area contributed by atoms with Crippen LogP contribution in [-0.4, -0.2) is 10.9 Å². The van der Waals surface area contributed by atoms with Crippen LogP contribution >= 0.6 is 0 Å². The smallest absolute Gasteiger partial charge is 0.228 e. The molecule has 3 heteroatoms. The van der Waals surface area contributed by atoms with Gasteiger partial charge in [0.2, 0.25) is 5.91 Å². The first-order chi connectivity index (χ1) is 6.75. The number of hydrogen-bond acceptors (Lipinski definition) is 2. The summed E-state index contributed by atoms with van der Waals surface area (Å²) in [6.45, 7) is 1.99. The molecule has 1 aliphatic carbocycles. The number of aryl methyl sites for hydroxylation is 1. The van der Waals surface area contributed by atoms with Gasteiger partial charge >= 0.3 is 0 Å². The molecular weight excluding hydrogens is 176 g/mol. The Bertz CT molecular complexity index is 345. The second kappa shape index (κ2) is 3.78. The minimum absolute atomic E-state index is 0.120. The highest BCUT2D eigenvalue weighted by Crippen LogP contribution is 2.27. The lowest BCUT2D eigenvalue weighted by atomic mass is 9.85. The minimum atomic E-state index is 0.120. The Labute approximate surface area is 83.5 Å². The lowest BCUT2D eigenvalue weighted by Crippen LogP contribution is -2.28. The van der Waals surface area contributed by atoms with Crippen molar-refractivity contribution in [1.82, 2.24) is 4.98 Å². The summed E-state index contributed by atoms with van der Waals surface area (Å²) in [4.78, 5) is 15.6. The number of aromatic nitrogens is 1. The zero-order valence-corrected chi connectivity index (χ0v) is 8.29. The predicted octanol–water partition coefficient (Wildman–Crippen LogP) is 2.13. The summed E-state index contributed by atoms with van der Waals surface area (Å²) < 4.78 is 0. The van der Waals surface area contributed by atoms with Gasteiger partial charge in [-0.05, 0) is 37.5 Å². The van der Waals surface area contributed by atoms with E-state index in [-0.39, 0.29) is 11.8 Å². The molecule has 0 aliphatic heterocycles. The van der Waals surface area contributed by atoms with Crippen LogP contribution in [0.4, 0.5) is 5.82 Å². The van der Waals surface area contributed by atoms with E-state index in [2.05, 4.69) is 10.3 Å². The average Bonchev–Trinajstić information content (AvgIpc) is 1.99. The van der Waals surface area contributed by atoms with Crippen LogP contribution in [0.3, 0.4) is 0 Å². The standard InChI is InChI=1S/C11H14N2O/c1-8-5-6-12-10(7-8)13-11(14)9-3-2-4-9/h5-7,9H,2-4H2,1H3,(H,12,13,14). The molecular formula is C11H14N2O. The maximum atomic E-state index is 11.6. The fourth-order valence-electron chi connectivity index (χ4n) is 1.50. The van der Waals surface area contributed by atoms with Crippen LogP contribution in [0.5, 0.6) is 0 Å². The third-order valence-electron chi connectivity index (χ3n) is 2.64. The second-order valence-electron chi connectivity index (χ2n) is 3.84. The van der Waals surface area contributed by atoms with Gasteiger partial charge < -0.3 is 5.32 Å². The van der Waals surface area contributed by atoms with E-state index in [9.17, 15) is 4.79 Å². The van der Waals surface area contributed by atoms with Gasteiger partial charge in [0, 0.05) is 12.1 Å². The highest BCUT2D eigenvalue weighted by Gasteiger charge is 2.25. The van der Waals surface area contributed by atoms with E-state index in [1.165, 1.54) is 6.42 Å². The number of pyridine rings is 1. The SMILES string of the molecule is Cc1ccnc(NC(=O)C2CCC2)c1. The van der Waals surface area contributed by atoms with Crippen LogP contribution in [0, 0.1) is 12.8 Å². The molecule has 1 heterocycles. The summed E-state index contributed by atoms with van der Waals surface area (Å²) in [5.74, 6) is 1.01. The van der Waals surface area contributed by atoms with Crippen molar-refractivity contribution in [3.05, 3.63) is 23.9 Å². The van der Waals surface area contributed by atoms with Crippen LogP contribution < -0.4 is 5.32 Å². The Kier molecular flexibility index (Phi) is 2.48. The second-order valence-corrected chi connectivity index (χ2v) is 3.84. The number of nitrogens with one attached hydrogen (secondary N) is 1. The zero-order chi connectivity index (χ0) is 9.97. The van der Waals surface area contributed by atoms with Gasteiger partial charge in [-0.25, -0.2) is 4.98 Å². The van der Waals surface area contributed by atoms with Crippen molar-refractivity contribution in [3.8, 4) is 0 Å². The maximum absolute atomic E-state index is 11.6. The Hall–Kier alpha value is -1.38. The fourth-order valence-corrected chi connectivity index (χ4v) is 1.50. The van der Waals surface area contributed by atoms with Gasteiger partial charge in [0.1, 0.15) is 5.82 Å². The van der Waals surface area contributed by atoms with Gasteiger partial charge in [-0.1, -0.05) is 6.42 Å². The van der Waals surface area contributed by atoms with Crippen LogP contribution in [0.25, 0.3) is 0 Å². The lowest BCUT2D eigenvalue weighted by Gasteiger charge is -2.23. The van der Waals surface area contributed by atoms with E-state index in [1.807, 2.05) is 19.1 Å². The number of hydrogen-bond donors (Lipinski definition) is 1. The van der Waals surface area contributed by atoms with Crippen LogP contribution in [0.2, 0.25) is 0 Å². The van der Waals surface area contributed by atoms with Gasteiger partial charge in [-0.15, -0.1) is 0 Å². The Morgan fingerprint density at radius 3 is 2.93 bits per heavy atom. The third kappa shape index (κ3) is 1.92. The van der Waals surface area contributed by atoms with Crippen LogP contribution in [-0.2, 0) is 4.79 Å². The molecule has 1 saturated carbocycles. The Morgan fingerprint density at radius 1 is 1.57 bits per heavy atom. The summed E-state index contributed by atoms with van der Waals surface area (Å²) in [6, 6.07) is 3.80. The summed E-state index contributed by atoms with van der Waals surface area (Å²) >= 11 is 0. The fraction of sp³-hybridized carbons (Fsp3) is 0.455. The summed E-state index contributed by atoms with van der Waals surface area (Å²) in [5, 5.41) is 2.83. The first-order valence-electron chi connectivity index (χ1n) is 4.99. The molecule has 0 radical (unpaired) electrons. The average molecular weight is 190 g/mol. The molecule has 1 N–H and O–H groups in total. The van der Waals surface area contributed by atoms with Gasteiger partial charge in [0.25, 0.3) is 0 Å². The van der Waals surface area contributed by atoms with Crippen molar-refractivity contribution in [1.29, 1.82) is 0 Å². The van der Waals surface area contributed by atoms with E-state index >= 15 is 0 Å². The van der Waals surface area contributed by atoms with Gasteiger partial charge in [0.15, 0.2) is 0 Å². The molecule has 0 spiro atoms. The number of carbonyl (C=O) groups is 1. The molecule has 14 heavy (non-hydrogen) atoms. The summed E-state index contributed by atoms with van der Waals surface area (Å²) in [7, 11) is 0. The van der Waals surface area contributed by atoms with Crippen molar-refractivity contribution in [2.24, 2.45) is 5.92 Å². The van der Waals surface area contributed by atoms with Gasteiger partial charge in [-0.2, -0.15) is 0 Å². The van der Waals surface area contributed by atoms with E-state index < -0.39 is 0 Å². The van der Waals surface area contributed by atoms with Crippen molar-refractivity contribution in [2.45, 2.75) is 26.2 Å². The highest BCUT2D eigenvalue weighted by molar-refractivity contribution is 5.92. The van der Waals surface area contributed by atoms with Gasteiger partial charge in [0.05, 0.1) is 0 Å². The van der Waals surface area contributed by atoms with Crippen molar-refractivity contribution < 1.29 is 4.79 Å². The molecule has 74 valence electrons. The molecule has 2 rings (SSSR count). The molecule has 0 bridgehead atoms.